The van der Waals surface area contributed by atoms with Crippen molar-refractivity contribution in [3.05, 3.63) is 0 Å². The Morgan fingerprint density at radius 2 is 1.91 bits per heavy atom. The van der Waals surface area contributed by atoms with E-state index in [0.29, 0.717) is 5.92 Å². The molecule has 0 radical (unpaired) electrons. The van der Waals surface area contributed by atoms with E-state index in [2.05, 4.69) is 13.8 Å². The summed E-state index contributed by atoms with van der Waals surface area (Å²) in [5.41, 5.74) is 5.21. The molecule has 66 valence electrons. The van der Waals surface area contributed by atoms with Crippen molar-refractivity contribution in [2.24, 2.45) is 11.7 Å². The van der Waals surface area contributed by atoms with Crippen molar-refractivity contribution >= 4 is 5.91 Å². The average molecular weight is 158 g/mol. The van der Waals surface area contributed by atoms with Gasteiger partial charge in [0, 0.05) is 0 Å². The fourth-order valence-electron chi connectivity index (χ4n) is 1.03. The number of hydrogen-bond acceptors (Lipinski definition) is 2. The Hall–Kier alpha value is -0.570. The van der Waals surface area contributed by atoms with Crippen LogP contribution < -0.4 is 5.73 Å². The molecule has 0 aromatic rings. The number of amides is 1. The molecule has 3 nitrogen and oxygen atoms in total. The number of hydrogen-bond donors (Lipinski definition) is 1. The van der Waals surface area contributed by atoms with E-state index >= 15 is 0 Å². The topological polar surface area (TPSA) is 46.3 Å². The van der Waals surface area contributed by atoms with Gasteiger partial charge in [0.15, 0.2) is 0 Å². The summed E-state index contributed by atoms with van der Waals surface area (Å²) in [5, 5.41) is 0. The summed E-state index contributed by atoms with van der Waals surface area (Å²) in [7, 11) is 3.75. The summed E-state index contributed by atoms with van der Waals surface area (Å²) in [5.74, 6) is 0.276. The predicted octanol–water partition coefficient (Wildman–Crippen LogP) is 0.448. The molecular weight excluding hydrogens is 140 g/mol. The number of primary amides is 1. The smallest absolute Gasteiger partial charge is 0.234 e. The molecule has 1 unspecified atom stereocenters. The van der Waals surface area contributed by atoms with Gasteiger partial charge in [0.1, 0.15) is 0 Å². The minimum Gasteiger partial charge on any atom is -0.368 e. The first-order valence-corrected chi connectivity index (χ1v) is 3.91. The van der Waals surface area contributed by atoms with Crippen LogP contribution in [0.1, 0.15) is 20.3 Å². The fraction of sp³-hybridized carbons (Fsp3) is 0.875. The van der Waals surface area contributed by atoms with E-state index < -0.39 is 0 Å². The standard InChI is InChI=1S/C8H18N2O/c1-6(2)5-7(8(9)11)10(3)4/h6-7H,5H2,1-4H3,(H2,9,11). The van der Waals surface area contributed by atoms with Gasteiger partial charge in [-0.3, -0.25) is 9.69 Å². The molecule has 3 heteroatoms. The van der Waals surface area contributed by atoms with Crippen LogP contribution in [-0.2, 0) is 4.79 Å². The van der Waals surface area contributed by atoms with Crippen molar-refractivity contribution in [2.75, 3.05) is 14.1 Å². The van der Waals surface area contributed by atoms with Crippen LogP contribution >= 0.6 is 0 Å². The third kappa shape index (κ3) is 3.98. The Labute approximate surface area is 68.6 Å². The predicted molar refractivity (Wildman–Crippen MR) is 46.1 cm³/mol. The Bertz CT molecular complexity index is 132. The maximum Gasteiger partial charge on any atom is 0.234 e. The molecule has 1 amide bonds. The summed E-state index contributed by atoms with van der Waals surface area (Å²) < 4.78 is 0. The lowest BCUT2D eigenvalue weighted by atomic mass is 10.0. The molecule has 0 fully saturated rings. The summed E-state index contributed by atoms with van der Waals surface area (Å²) in [6.07, 6.45) is 0.836. The van der Waals surface area contributed by atoms with Crippen LogP contribution in [0.4, 0.5) is 0 Å². The Morgan fingerprint density at radius 1 is 1.45 bits per heavy atom. The van der Waals surface area contributed by atoms with Gasteiger partial charge in [-0.2, -0.15) is 0 Å². The van der Waals surface area contributed by atoms with Gasteiger partial charge in [-0.15, -0.1) is 0 Å². The quantitative estimate of drug-likeness (QED) is 0.645. The summed E-state index contributed by atoms with van der Waals surface area (Å²) in [6.45, 7) is 4.17. The minimum absolute atomic E-state index is 0.116. The Balaban J connectivity index is 4.01. The molecule has 0 aliphatic carbocycles. The van der Waals surface area contributed by atoms with Gasteiger partial charge >= 0.3 is 0 Å². The third-order valence-electron chi connectivity index (χ3n) is 1.65. The van der Waals surface area contributed by atoms with E-state index in [0.717, 1.165) is 6.42 Å². The zero-order chi connectivity index (χ0) is 9.02. The summed E-state index contributed by atoms with van der Waals surface area (Å²) >= 11 is 0. The second kappa shape index (κ2) is 4.34. The molecule has 0 saturated carbocycles. The van der Waals surface area contributed by atoms with E-state index in [1.54, 1.807) is 0 Å². The van der Waals surface area contributed by atoms with Crippen LogP contribution in [0.15, 0.2) is 0 Å². The van der Waals surface area contributed by atoms with Crippen molar-refractivity contribution < 1.29 is 4.79 Å². The van der Waals surface area contributed by atoms with Gasteiger partial charge in [0.2, 0.25) is 5.91 Å². The van der Waals surface area contributed by atoms with Crippen LogP contribution in [0.25, 0.3) is 0 Å². The first-order valence-electron chi connectivity index (χ1n) is 3.91. The molecule has 1 atom stereocenters. The lowest BCUT2D eigenvalue weighted by Crippen LogP contribution is -2.41. The zero-order valence-electron chi connectivity index (χ0n) is 7.79. The lowest BCUT2D eigenvalue weighted by Gasteiger charge is -2.22. The number of likely N-dealkylation sites (N-methyl/N-ethyl adjacent to an activating group) is 1. The van der Waals surface area contributed by atoms with Gasteiger partial charge in [-0.25, -0.2) is 0 Å². The van der Waals surface area contributed by atoms with Gasteiger partial charge in [-0.05, 0) is 26.4 Å². The van der Waals surface area contributed by atoms with Gasteiger partial charge < -0.3 is 5.73 Å². The second-order valence-electron chi connectivity index (χ2n) is 3.51. The second-order valence-corrected chi connectivity index (χ2v) is 3.51. The number of nitrogens with zero attached hydrogens (tertiary/aromatic N) is 1. The molecule has 0 aliphatic heterocycles. The van der Waals surface area contributed by atoms with E-state index in [-0.39, 0.29) is 11.9 Å². The number of nitrogens with two attached hydrogens (primary N) is 1. The molecule has 0 heterocycles. The van der Waals surface area contributed by atoms with Crippen molar-refractivity contribution in [1.82, 2.24) is 4.90 Å². The van der Waals surface area contributed by atoms with Crippen LogP contribution in [0.3, 0.4) is 0 Å². The molecule has 0 bridgehead atoms. The number of carbonyl (C=O) groups excluding carboxylic acids is 1. The first kappa shape index (κ1) is 10.4. The molecule has 2 N–H and O–H groups in total. The number of carbonyl (C=O) groups is 1. The van der Waals surface area contributed by atoms with Gasteiger partial charge in [0.05, 0.1) is 6.04 Å². The summed E-state index contributed by atoms with van der Waals surface area (Å²) in [4.78, 5) is 12.7. The van der Waals surface area contributed by atoms with Crippen molar-refractivity contribution in [1.29, 1.82) is 0 Å². The Morgan fingerprint density at radius 3 is 2.00 bits per heavy atom. The zero-order valence-corrected chi connectivity index (χ0v) is 7.79. The molecule has 0 spiro atoms. The molecule has 0 aliphatic rings. The van der Waals surface area contributed by atoms with Crippen molar-refractivity contribution in [3.8, 4) is 0 Å². The lowest BCUT2D eigenvalue weighted by molar-refractivity contribution is -0.122. The maximum absolute atomic E-state index is 10.9. The average Bonchev–Trinajstić information content (AvgIpc) is 1.81. The normalized spacial score (nSPS) is 14.0. The molecule has 0 aromatic carbocycles. The minimum atomic E-state index is -0.233. The van der Waals surface area contributed by atoms with Gasteiger partial charge in [-0.1, -0.05) is 13.8 Å². The molecule has 0 saturated heterocycles. The van der Waals surface area contributed by atoms with Gasteiger partial charge in [0.25, 0.3) is 0 Å². The third-order valence-corrected chi connectivity index (χ3v) is 1.65. The highest BCUT2D eigenvalue weighted by Gasteiger charge is 2.18. The van der Waals surface area contributed by atoms with E-state index in [1.165, 1.54) is 0 Å². The maximum atomic E-state index is 10.9. The Kier molecular flexibility index (Phi) is 4.11. The largest absolute Gasteiger partial charge is 0.368 e. The van der Waals surface area contributed by atoms with E-state index in [9.17, 15) is 4.79 Å². The molecule has 0 rings (SSSR count). The molecule has 11 heavy (non-hydrogen) atoms. The molecule has 0 aromatic heterocycles. The van der Waals surface area contributed by atoms with Crippen molar-refractivity contribution in [2.45, 2.75) is 26.3 Å². The highest BCUT2D eigenvalue weighted by Crippen LogP contribution is 2.07. The first-order chi connectivity index (χ1) is 4.95. The highest BCUT2D eigenvalue weighted by atomic mass is 16.1. The van der Waals surface area contributed by atoms with Crippen LogP contribution in [0.2, 0.25) is 0 Å². The fourth-order valence-corrected chi connectivity index (χ4v) is 1.03. The van der Waals surface area contributed by atoms with Crippen LogP contribution in [0, 0.1) is 5.92 Å². The van der Waals surface area contributed by atoms with E-state index in [1.807, 2.05) is 19.0 Å². The van der Waals surface area contributed by atoms with E-state index in [4.69, 9.17) is 5.73 Å². The monoisotopic (exact) mass is 158 g/mol. The highest BCUT2D eigenvalue weighted by molar-refractivity contribution is 5.79. The SMILES string of the molecule is CC(C)CC(C(N)=O)N(C)C. The van der Waals surface area contributed by atoms with Crippen molar-refractivity contribution in [3.63, 3.8) is 0 Å². The number of rotatable bonds is 4. The molecular formula is C8H18N2O. The summed E-state index contributed by atoms with van der Waals surface area (Å²) in [6, 6.07) is -0.116. The van der Waals surface area contributed by atoms with Crippen LogP contribution in [0.5, 0.6) is 0 Å². The van der Waals surface area contributed by atoms with Crippen LogP contribution in [-0.4, -0.2) is 30.9 Å².